The molecule has 0 aliphatic heterocycles. The quantitative estimate of drug-likeness (QED) is 0.743. The Morgan fingerprint density at radius 2 is 2.33 bits per heavy atom. The van der Waals surface area contributed by atoms with Crippen LogP contribution in [0.5, 0.6) is 0 Å². The van der Waals surface area contributed by atoms with Gasteiger partial charge in [-0.25, -0.2) is 4.68 Å². The summed E-state index contributed by atoms with van der Waals surface area (Å²) in [5.41, 5.74) is 3.80. The first-order chi connectivity index (χ1) is 8.81. The van der Waals surface area contributed by atoms with E-state index in [0.29, 0.717) is 5.56 Å². The van der Waals surface area contributed by atoms with Crippen molar-refractivity contribution in [1.29, 1.82) is 5.26 Å². The van der Waals surface area contributed by atoms with Crippen molar-refractivity contribution in [3.63, 3.8) is 0 Å². The van der Waals surface area contributed by atoms with Crippen molar-refractivity contribution in [3.8, 4) is 11.8 Å². The SMILES string of the molecule is CCc1cnn(-c2ccc3[nH]cc(C#N)c3c2)c1. The van der Waals surface area contributed by atoms with Gasteiger partial charge in [0.25, 0.3) is 0 Å². The maximum Gasteiger partial charge on any atom is 0.101 e. The highest BCUT2D eigenvalue weighted by Crippen LogP contribution is 2.21. The first kappa shape index (κ1) is 10.6. The third-order valence-corrected chi connectivity index (χ3v) is 3.09. The molecule has 1 N–H and O–H groups in total. The first-order valence-corrected chi connectivity index (χ1v) is 5.87. The van der Waals surface area contributed by atoms with E-state index in [4.69, 9.17) is 5.26 Å². The average molecular weight is 236 g/mol. The van der Waals surface area contributed by atoms with Gasteiger partial charge in [-0.15, -0.1) is 0 Å². The second-order valence-corrected chi connectivity index (χ2v) is 4.19. The number of fused-ring (bicyclic) bond motifs is 1. The maximum atomic E-state index is 9.04. The summed E-state index contributed by atoms with van der Waals surface area (Å²) in [7, 11) is 0. The maximum absolute atomic E-state index is 9.04. The van der Waals surface area contributed by atoms with Gasteiger partial charge >= 0.3 is 0 Å². The standard InChI is InChI=1S/C14H12N4/c1-2-10-7-17-18(9-10)12-3-4-14-13(5-12)11(6-15)8-16-14/h3-5,7-9,16H,2H2,1H3. The third-order valence-electron chi connectivity index (χ3n) is 3.09. The van der Waals surface area contributed by atoms with Gasteiger partial charge < -0.3 is 4.98 Å². The third kappa shape index (κ3) is 1.57. The van der Waals surface area contributed by atoms with E-state index in [-0.39, 0.29) is 0 Å². The van der Waals surface area contributed by atoms with Crippen LogP contribution >= 0.6 is 0 Å². The van der Waals surface area contributed by atoms with E-state index in [2.05, 4.69) is 23.1 Å². The summed E-state index contributed by atoms with van der Waals surface area (Å²) >= 11 is 0. The van der Waals surface area contributed by atoms with E-state index in [1.165, 1.54) is 5.56 Å². The van der Waals surface area contributed by atoms with E-state index in [0.717, 1.165) is 23.0 Å². The van der Waals surface area contributed by atoms with Crippen molar-refractivity contribution in [2.24, 2.45) is 0 Å². The summed E-state index contributed by atoms with van der Waals surface area (Å²) in [6.45, 7) is 2.10. The zero-order valence-corrected chi connectivity index (χ0v) is 10.0. The van der Waals surface area contributed by atoms with Gasteiger partial charge in [-0.05, 0) is 30.2 Å². The fraction of sp³-hybridized carbons (Fsp3) is 0.143. The van der Waals surface area contributed by atoms with Crippen LogP contribution in [-0.4, -0.2) is 14.8 Å². The Hall–Kier alpha value is -2.54. The van der Waals surface area contributed by atoms with Crippen LogP contribution in [-0.2, 0) is 6.42 Å². The number of rotatable bonds is 2. The van der Waals surface area contributed by atoms with Crippen molar-refractivity contribution < 1.29 is 0 Å². The summed E-state index contributed by atoms with van der Waals surface area (Å²) in [6, 6.07) is 8.13. The lowest BCUT2D eigenvalue weighted by molar-refractivity contribution is 0.881. The van der Waals surface area contributed by atoms with Crippen LogP contribution in [0.15, 0.2) is 36.8 Å². The van der Waals surface area contributed by atoms with Crippen LogP contribution in [0.25, 0.3) is 16.6 Å². The molecule has 0 radical (unpaired) electrons. The van der Waals surface area contributed by atoms with Gasteiger partial charge in [0.05, 0.1) is 17.4 Å². The zero-order chi connectivity index (χ0) is 12.5. The Morgan fingerprint density at radius 3 is 3.06 bits per heavy atom. The summed E-state index contributed by atoms with van der Waals surface area (Å²) in [5.74, 6) is 0. The van der Waals surface area contributed by atoms with E-state index in [1.54, 1.807) is 6.20 Å². The number of aromatic amines is 1. The molecular formula is C14H12N4. The topological polar surface area (TPSA) is 57.4 Å². The molecule has 3 aromatic rings. The van der Waals surface area contributed by atoms with Crippen LogP contribution in [0, 0.1) is 11.3 Å². The Bertz CT molecular complexity index is 743. The molecule has 0 unspecified atom stereocenters. The molecule has 0 aliphatic rings. The molecular weight excluding hydrogens is 224 g/mol. The Labute approximate surface area is 104 Å². The number of H-pyrrole nitrogens is 1. The molecule has 18 heavy (non-hydrogen) atoms. The summed E-state index contributed by atoms with van der Waals surface area (Å²) < 4.78 is 1.84. The first-order valence-electron chi connectivity index (χ1n) is 5.87. The van der Waals surface area contributed by atoms with Gasteiger partial charge in [-0.2, -0.15) is 10.4 Å². The molecule has 0 fully saturated rings. The second kappa shape index (κ2) is 4.04. The fourth-order valence-electron chi connectivity index (χ4n) is 2.03. The van der Waals surface area contributed by atoms with E-state index < -0.39 is 0 Å². The molecule has 0 aliphatic carbocycles. The van der Waals surface area contributed by atoms with Crippen LogP contribution < -0.4 is 0 Å². The minimum Gasteiger partial charge on any atom is -0.360 e. The molecule has 0 amide bonds. The van der Waals surface area contributed by atoms with Gasteiger partial charge in [0.1, 0.15) is 6.07 Å². The molecule has 4 nitrogen and oxygen atoms in total. The van der Waals surface area contributed by atoms with E-state index in [1.807, 2.05) is 35.3 Å². The normalized spacial score (nSPS) is 10.7. The fourth-order valence-corrected chi connectivity index (χ4v) is 2.03. The number of nitrogens with one attached hydrogen (secondary N) is 1. The molecule has 88 valence electrons. The average Bonchev–Trinajstić information content (AvgIpc) is 3.04. The lowest BCUT2D eigenvalue weighted by atomic mass is 10.1. The molecule has 0 saturated carbocycles. The van der Waals surface area contributed by atoms with Crippen molar-refractivity contribution in [1.82, 2.24) is 14.8 Å². The highest BCUT2D eigenvalue weighted by molar-refractivity contribution is 5.87. The molecule has 2 aromatic heterocycles. The molecule has 0 atom stereocenters. The number of benzene rings is 1. The summed E-state index contributed by atoms with van der Waals surface area (Å²) in [4.78, 5) is 3.08. The molecule has 1 aromatic carbocycles. The Balaban J connectivity index is 2.15. The molecule has 0 bridgehead atoms. The highest BCUT2D eigenvalue weighted by atomic mass is 15.3. The minimum absolute atomic E-state index is 0.662. The molecule has 4 heteroatoms. The van der Waals surface area contributed by atoms with Crippen molar-refractivity contribution in [2.75, 3.05) is 0 Å². The van der Waals surface area contributed by atoms with Crippen molar-refractivity contribution in [2.45, 2.75) is 13.3 Å². The highest BCUT2D eigenvalue weighted by Gasteiger charge is 2.05. The van der Waals surface area contributed by atoms with Gasteiger partial charge in [0.15, 0.2) is 0 Å². The number of nitrogens with zero attached hydrogens (tertiary/aromatic N) is 3. The molecule has 3 rings (SSSR count). The zero-order valence-electron chi connectivity index (χ0n) is 10.0. The van der Waals surface area contributed by atoms with Crippen LogP contribution in [0.2, 0.25) is 0 Å². The largest absolute Gasteiger partial charge is 0.360 e. The van der Waals surface area contributed by atoms with Gasteiger partial charge in [0, 0.05) is 23.3 Å². The number of hydrogen-bond acceptors (Lipinski definition) is 2. The number of aryl methyl sites for hydroxylation is 1. The Morgan fingerprint density at radius 1 is 1.44 bits per heavy atom. The van der Waals surface area contributed by atoms with Gasteiger partial charge in [-0.1, -0.05) is 6.92 Å². The Kier molecular flexibility index (Phi) is 2.38. The molecule has 2 heterocycles. The lowest BCUT2D eigenvalue weighted by Crippen LogP contribution is -1.93. The van der Waals surface area contributed by atoms with Crippen LogP contribution in [0.1, 0.15) is 18.1 Å². The lowest BCUT2D eigenvalue weighted by Gasteiger charge is -2.01. The van der Waals surface area contributed by atoms with Gasteiger partial charge in [-0.3, -0.25) is 0 Å². The molecule has 0 spiro atoms. The summed E-state index contributed by atoms with van der Waals surface area (Å²) in [6.07, 6.45) is 6.58. The second-order valence-electron chi connectivity index (χ2n) is 4.19. The summed E-state index contributed by atoms with van der Waals surface area (Å²) in [5, 5.41) is 14.3. The van der Waals surface area contributed by atoms with Crippen molar-refractivity contribution >= 4 is 10.9 Å². The predicted octanol–water partition coefficient (Wildman–Crippen LogP) is 2.79. The van der Waals surface area contributed by atoms with E-state index in [9.17, 15) is 0 Å². The smallest absolute Gasteiger partial charge is 0.101 e. The van der Waals surface area contributed by atoms with Crippen LogP contribution in [0.3, 0.4) is 0 Å². The van der Waals surface area contributed by atoms with Crippen LogP contribution in [0.4, 0.5) is 0 Å². The van der Waals surface area contributed by atoms with E-state index >= 15 is 0 Å². The van der Waals surface area contributed by atoms with Gasteiger partial charge in [0.2, 0.25) is 0 Å². The number of nitriles is 1. The number of aromatic nitrogens is 3. The predicted molar refractivity (Wildman–Crippen MR) is 69.5 cm³/mol. The number of hydrogen-bond donors (Lipinski definition) is 1. The molecule has 0 saturated heterocycles. The minimum atomic E-state index is 0.662. The van der Waals surface area contributed by atoms with Crippen molar-refractivity contribution in [3.05, 3.63) is 47.9 Å². The monoisotopic (exact) mass is 236 g/mol.